The molecule has 4 nitrogen and oxygen atoms in total. The number of nitrogens with zero attached hydrogens (tertiary/aromatic N) is 1. The molecule has 3 N–H and O–H groups in total. The van der Waals surface area contributed by atoms with E-state index in [9.17, 15) is 4.79 Å². The Balaban J connectivity index is 1.82. The van der Waals surface area contributed by atoms with E-state index in [0.29, 0.717) is 6.42 Å². The number of rotatable bonds is 2. The van der Waals surface area contributed by atoms with E-state index in [1.54, 1.807) is 0 Å². The van der Waals surface area contributed by atoms with Gasteiger partial charge in [-0.25, -0.2) is 0 Å². The third kappa shape index (κ3) is 2.41. The molecule has 19 heavy (non-hydrogen) atoms. The zero-order chi connectivity index (χ0) is 13.6. The first-order valence-corrected chi connectivity index (χ1v) is 7.17. The van der Waals surface area contributed by atoms with E-state index >= 15 is 0 Å². The summed E-state index contributed by atoms with van der Waals surface area (Å²) in [5.74, 6) is 0.183. The van der Waals surface area contributed by atoms with Gasteiger partial charge in [0.05, 0.1) is 0 Å². The Morgan fingerprint density at radius 3 is 3.00 bits per heavy atom. The fourth-order valence-corrected chi connectivity index (χ4v) is 3.52. The Morgan fingerprint density at radius 1 is 1.53 bits per heavy atom. The molecule has 1 aliphatic carbocycles. The van der Waals surface area contributed by atoms with E-state index in [0.717, 1.165) is 25.8 Å². The smallest absolute Gasteiger partial charge is 0.220 e. The van der Waals surface area contributed by atoms with Gasteiger partial charge in [0.15, 0.2) is 0 Å². The molecule has 1 aromatic heterocycles. The van der Waals surface area contributed by atoms with Crippen molar-refractivity contribution < 1.29 is 4.79 Å². The van der Waals surface area contributed by atoms with Gasteiger partial charge in [0.2, 0.25) is 5.91 Å². The third-order valence-corrected chi connectivity index (χ3v) is 4.43. The van der Waals surface area contributed by atoms with Crippen LogP contribution in [0.3, 0.4) is 0 Å². The summed E-state index contributed by atoms with van der Waals surface area (Å²) in [7, 11) is 0. The van der Waals surface area contributed by atoms with Crippen molar-refractivity contribution in [2.75, 3.05) is 0 Å². The minimum absolute atomic E-state index is 0.151. The maximum atomic E-state index is 11.3. The molecule has 1 amide bonds. The van der Waals surface area contributed by atoms with Crippen LogP contribution in [0.5, 0.6) is 0 Å². The van der Waals surface area contributed by atoms with Crippen LogP contribution in [0, 0.1) is 5.41 Å². The van der Waals surface area contributed by atoms with E-state index in [1.165, 1.54) is 11.3 Å². The number of carbonyl (C=O) groups excluding carboxylic acids is 1. The first-order valence-electron chi connectivity index (χ1n) is 7.17. The fourth-order valence-electron chi connectivity index (χ4n) is 3.52. The van der Waals surface area contributed by atoms with Gasteiger partial charge in [-0.2, -0.15) is 0 Å². The molecule has 3 rings (SSSR count). The second-order valence-corrected chi connectivity index (χ2v) is 6.82. The topological polar surface area (TPSA) is 60.0 Å². The van der Waals surface area contributed by atoms with Crippen molar-refractivity contribution in [1.82, 2.24) is 9.88 Å². The largest absolute Gasteiger partial charge is 0.352 e. The summed E-state index contributed by atoms with van der Waals surface area (Å²) in [6.07, 6.45) is 5.87. The predicted molar refractivity (Wildman–Crippen MR) is 74.6 cm³/mol. The second-order valence-electron chi connectivity index (χ2n) is 6.82. The van der Waals surface area contributed by atoms with Crippen LogP contribution in [0.1, 0.15) is 50.4 Å². The van der Waals surface area contributed by atoms with Crippen molar-refractivity contribution >= 4 is 5.91 Å². The van der Waals surface area contributed by atoms with Crippen LogP contribution in [-0.2, 0) is 17.8 Å². The monoisotopic (exact) mass is 261 g/mol. The normalized spacial score (nSPS) is 29.1. The highest BCUT2D eigenvalue weighted by Crippen LogP contribution is 2.40. The summed E-state index contributed by atoms with van der Waals surface area (Å²) in [5, 5.41) is 3.04. The number of hydrogen-bond donors (Lipinski definition) is 2. The Morgan fingerprint density at radius 2 is 2.32 bits per heavy atom. The van der Waals surface area contributed by atoms with Crippen LogP contribution in [-0.4, -0.2) is 16.5 Å². The van der Waals surface area contributed by atoms with Gasteiger partial charge in [-0.3, -0.25) is 4.79 Å². The molecular weight excluding hydrogens is 238 g/mol. The molecule has 2 atom stereocenters. The van der Waals surface area contributed by atoms with Gasteiger partial charge in [-0.05, 0) is 36.3 Å². The lowest BCUT2D eigenvalue weighted by Gasteiger charge is -2.34. The maximum absolute atomic E-state index is 11.3. The molecule has 1 aliphatic heterocycles. The lowest BCUT2D eigenvalue weighted by Crippen LogP contribution is -2.33. The molecule has 0 saturated carbocycles. The Kier molecular flexibility index (Phi) is 2.93. The van der Waals surface area contributed by atoms with Gasteiger partial charge in [0.1, 0.15) is 0 Å². The highest BCUT2D eigenvalue weighted by atomic mass is 16.1. The lowest BCUT2D eigenvalue weighted by atomic mass is 9.74. The van der Waals surface area contributed by atoms with Crippen LogP contribution in [0.2, 0.25) is 0 Å². The molecule has 1 fully saturated rings. The molecule has 2 heterocycles. The average Bonchev–Trinajstić information content (AvgIpc) is 2.86. The van der Waals surface area contributed by atoms with E-state index < -0.39 is 0 Å². The highest BCUT2D eigenvalue weighted by Gasteiger charge is 2.33. The van der Waals surface area contributed by atoms with Gasteiger partial charge in [0.25, 0.3) is 0 Å². The molecule has 4 heteroatoms. The molecule has 1 aromatic rings. The number of amides is 1. The van der Waals surface area contributed by atoms with Crippen LogP contribution in [0.4, 0.5) is 0 Å². The quantitative estimate of drug-likeness (QED) is 0.852. The van der Waals surface area contributed by atoms with Crippen molar-refractivity contribution in [3.63, 3.8) is 0 Å². The Labute approximate surface area is 114 Å². The van der Waals surface area contributed by atoms with Gasteiger partial charge in [-0.15, -0.1) is 0 Å². The van der Waals surface area contributed by atoms with Gasteiger partial charge in [-0.1, -0.05) is 13.8 Å². The number of nitrogens with two attached hydrogens (primary N) is 1. The van der Waals surface area contributed by atoms with Gasteiger partial charge < -0.3 is 15.6 Å². The molecule has 0 spiro atoms. The first-order chi connectivity index (χ1) is 8.94. The number of nitrogens with one attached hydrogen (secondary N) is 1. The summed E-state index contributed by atoms with van der Waals surface area (Å²) in [4.78, 5) is 11.3. The highest BCUT2D eigenvalue weighted by molar-refractivity contribution is 5.78. The van der Waals surface area contributed by atoms with Crippen molar-refractivity contribution in [3.8, 4) is 0 Å². The number of hydrogen-bond acceptors (Lipinski definition) is 2. The number of aromatic nitrogens is 1. The molecule has 2 unspecified atom stereocenters. The third-order valence-electron chi connectivity index (χ3n) is 4.43. The van der Waals surface area contributed by atoms with Crippen LogP contribution in [0.15, 0.2) is 12.3 Å². The zero-order valence-corrected chi connectivity index (χ0v) is 11.8. The Bertz CT molecular complexity index is 503. The number of fused-ring (bicyclic) bond motifs is 1. The molecule has 0 bridgehead atoms. The van der Waals surface area contributed by atoms with Crippen LogP contribution >= 0.6 is 0 Å². The lowest BCUT2D eigenvalue weighted by molar-refractivity contribution is -0.119. The summed E-state index contributed by atoms with van der Waals surface area (Å²) in [5.41, 5.74) is 9.21. The van der Waals surface area contributed by atoms with E-state index in [-0.39, 0.29) is 23.4 Å². The zero-order valence-electron chi connectivity index (χ0n) is 11.8. The van der Waals surface area contributed by atoms with Crippen LogP contribution < -0.4 is 11.1 Å². The maximum Gasteiger partial charge on any atom is 0.220 e. The van der Waals surface area contributed by atoms with Gasteiger partial charge >= 0.3 is 0 Å². The fraction of sp³-hybridized carbons (Fsp3) is 0.667. The number of carbonyl (C=O) groups is 1. The van der Waals surface area contributed by atoms with Crippen molar-refractivity contribution in [3.05, 3.63) is 23.5 Å². The molecular formula is C15H23N3O. The summed E-state index contributed by atoms with van der Waals surface area (Å²) < 4.78 is 2.30. The second kappa shape index (κ2) is 4.37. The summed E-state index contributed by atoms with van der Waals surface area (Å²) in [6.45, 7) is 5.44. The van der Waals surface area contributed by atoms with E-state index in [4.69, 9.17) is 5.73 Å². The van der Waals surface area contributed by atoms with Crippen molar-refractivity contribution in [2.24, 2.45) is 11.1 Å². The molecule has 0 radical (unpaired) electrons. The standard InChI is InChI=1S/C15H23N3O/c1-15(2)7-12(16)11-5-6-18(13(11)8-15)9-10-3-4-14(19)17-10/h5-6,10,12H,3-4,7-9,16H2,1-2H3,(H,17,19). The van der Waals surface area contributed by atoms with E-state index in [2.05, 4.69) is 36.0 Å². The van der Waals surface area contributed by atoms with Crippen LogP contribution in [0.25, 0.3) is 0 Å². The molecule has 104 valence electrons. The Hall–Kier alpha value is -1.29. The minimum Gasteiger partial charge on any atom is -0.352 e. The first kappa shape index (κ1) is 12.7. The molecule has 2 aliphatic rings. The van der Waals surface area contributed by atoms with E-state index in [1.807, 2.05) is 0 Å². The average molecular weight is 261 g/mol. The van der Waals surface area contributed by atoms with Crippen molar-refractivity contribution in [2.45, 2.75) is 58.2 Å². The van der Waals surface area contributed by atoms with Crippen molar-refractivity contribution in [1.29, 1.82) is 0 Å². The minimum atomic E-state index is 0.151. The molecule has 0 aromatic carbocycles. The SMILES string of the molecule is CC1(C)Cc2c(ccn2CC2CCC(=O)N2)C(N)C1. The molecule has 1 saturated heterocycles. The van der Waals surface area contributed by atoms with Gasteiger partial charge in [0, 0.05) is 36.9 Å². The summed E-state index contributed by atoms with van der Waals surface area (Å²) >= 11 is 0. The predicted octanol–water partition coefficient (Wildman–Crippen LogP) is 1.74. The summed E-state index contributed by atoms with van der Waals surface area (Å²) in [6, 6.07) is 2.59.